The highest BCUT2D eigenvalue weighted by Gasteiger charge is 2.20. The molecule has 30 heavy (non-hydrogen) atoms. The van der Waals surface area contributed by atoms with Crippen molar-refractivity contribution < 1.29 is 17.9 Å². The predicted octanol–water partition coefficient (Wildman–Crippen LogP) is 1.60. The molecule has 7 nitrogen and oxygen atoms in total. The number of carbonyl (C=O) groups is 1. The molecule has 1 aliphatic heterocycles. The summed E-state index contributed by atoms with van der Waals surface area (Å²) in [7, 11) is -3.51. The number of hydrogen-bond acceptors (Lipinski definition) is 5. The quantitative estimate of drug-likeness (QED) is 0.652. The second-order valence-corrected chi connectivity index (χ2v) is 9.48. The lowest BCUT2D eigenvalue weighted by molar-refractivity contribution is -0.121. The highest BCUT2D eigenvalue weighted by molar-refractivity contribution is 7.88. The van der Waals surface area contributed by atoms with E-state index in [4.69, 9.17) is 4.74 Å². The summed E-state index contributed by atoms with van der Waals surface area (Å²) in [6.07, 6.45) is 1.12. The van der Waals surface area contributed by atoms with E-state index in [1.165, 1.54) is 9.87 Å². The van der Waals surface area contributed by atoms with Gasteiger partial charge in [0.25, 0.3) is 0 Å². The van der Waals surface area contributed by atoms with Crippen LogP contribution in [0.5, 0.6) is 0 Å². The minimum absolute atomic E-state index is 0.169. The highest BCUT2D eigenvalue weighted by Crippen LogP contribution is 2.11. The Labute approximate surface area is 178 Å². The summed E-state index contributed by atoms with van der Waals surface area (Å²) in [5, 5.41) is 2.84. The molecule has 0 spiro atoms. The van der Waals surface area contributed by atoms with Crippen molar-refractivity contribution >= 4 is 15.9 Å². The minimum Gasteiger partial charge on any atom is -0.379 e. The summed E-state index contributed by atoms with van der Waals surface area (Å²) < 4.78 is 30.8. The van der Waals surface area contributed by atoms with Gasteiger partial charge in [0, 0.05) is 32.7 Å². The SMILES string of the molecule is CS(=O)(=O)N(CC(=O)NCc1cccc(CN2CCOCC2)c1)Cc1ccccc1. The van der Waals surface area contributed by atoms with E-state index in [0.29, 0.717) is 6.54 Å². The maximum Gasteiger partial charge on any atom is 0.235 e. The van der Waals surface area contributed by atoms with Crippen LogP contribution in [0.15, 0.2) is 54.6 Å². The fourth-order valence-corrected chi connectivity index (χ4v) is 4.08. The lowest BCUT2D eigenvalue weighted by Crippen LogP contribution is -2.39. The van der Waals surface area contributed by atoms with Crippen molar-refractivity contribution in [2.24, 2.45) is 0 Å². The molecule has 1 N–H and O–H groups in total. The fourth-order valence-electron chi connectivity index (χ4n) is 3.35. The molecule has 8 heteroatoms. The van der Waals surface area contributed by atoms with Gasteiger partial charge in [-0.15, -0.1) is 0 Å². The third-order valence-electron chi connectivity index (χ3n) is 4.98. The summed E-state index contributed by atoms with van der Waals surface area (Å²) >= 11 is 0. The number of carbonyl (C=O) groups excluding carboxylic acids is 1. The van der Waals surface area contributed by atoms with Crippen molar-refractivity contribution in [3.8, 4) is 0 Å². The summed E-state index contributed by atoms with van der Waals surface area (Å²) in [5.41, 5.74) is 3.01. The van der Waals surface area contributed by atoms with Gasteiger partial charge in [-0.2, -0.15) is 4.31 Å². The summed E-state index contributed by atoms with van der Waals surface area (Å²) in [5.74, 6) is -0.324. The fraction of sp³-hybridized carbons (Fsp3) is 0.409. The molecule has 0 aliphatic carbocycles. The van der Waals surface area contributed by atoms with Crippen LogP contribution in [0.4, 0.5) is 0 Å². The van der Waals surface area contributed by atoms with Crippen LogP contribution in [0.1, 0.15) is 16.7 Å². The Bertz CT molecular complexity index is 928. The van der Waals surface area contributed by atoms with Gasteiger partial charge in [-0.05, 0) is 16.7 Å². The van der Waals surface area contributed by atoms with Crippen LogP contribution in [0, 0.1) is 0 Å². The molecule has 2 aromatic rings. The van der Waals surface area contributed by atoms with Crippen molar-refractivity contribution in [2.45, 2.75) is 19.6 Å². The Kier molecular flexibility index (Phi) is 7.98. The molecule has 1 amide bonds. The van der Waals surface area contributed by atoms with Gasteiger partial charge in [-0.3, -0.25) is 9.69 Å². The van der Waals surface area contributed by atoms with E-state index >= 15 is 0 Å². The van der Waals surface area contributed by atoms with Crippen molar-refractivity contribution in [2.75, 3.05) is 39.1 Å². The lowest BCUT2D eigenvalue weighted by atomic mass is 10.1. The zero-order chi connectivity index (χ0) is 21.4. The smallest absolute Gasteiger partial charge is 0.235 e. The number of hydrogen-bond donors (Lipinski definition) is 1. The molecule has 0 radical (unpaired) electrons. The van der Waals surface area contributed by atoms with E-state index in [2.05, 4.69) is 22.3 Å². The Morgan fingerprint density at radius 2 is 1.70 bits per heavy atom. The first-order valence-electron chi connectivity index (χ1n) is 10.0. The zero-order valence-corrected chi connectivity index (χ0v) is 18.1. The van der Waals surface area contributed by atoms with Gasteiger partial charge in [0.2, 0.25) is 15.9 Å². The van der Waals surface area contributed by atoms with E-state index in [-0.39, 0.29) is 19.0 Å². The van der Waals surface area contributed by atoms with Crippen LogP contribution in [-0.4, -0.2) is 62.6 Å². The topological polar surface area (TPSA) is 79.0 Å². The number of nitrogens with one attached hydrogen (secondary N) is 1. The lowest BCUT2D eigenvalue weighted by Gasteiger charge is -2.26. The molecule has 0 unspecified atom stereocenters. The Morgan fingerprint density at radius 1 is 1.03 bits per heavy atom. The molecule has 1 fully saturated rings. The van der Waals surface area contributed by atoms with Gasteiger partial charge in [0.15, 0.2) is 0 Å². The Morgan fingerprint density at radius 3 is 2.40 bits per heavy atom. The second kappa shape index (κ2) is 10.7. The molecular formula is C22H29N3O4S. The molecule has 1 saturated heterocycles. The first-order chi connectivity index (χ1) is 14.4. The van der Waals surface area contributed by atoms with Crippen molar-refractivity contribution in [1.29, 1.82) is 0 Å². The number of nitrogens with zero attached hydrogens (tertiary/aromatic N) is 2. The van der Waals surface area contributed by atoms with Crippen LogP contribution in [-0.2, 0) is 39.2 Å². The Balaban J connectivity index is 1.54. The number of rotatable bonds is 9. The molecule has 0 saturated carbocycles. The van der Waals surface area contributed by atoms with Crippen LogP contribution >= 0.6 is 0 Å². The molecule has 0 atom stereocenters. The van der Waals surface area contributed by atoms with Crippen molar-refractivity contribution in [1.82, 2.24) is 14.5 Å². The highest BCUT2D eigenvalue weighted by atomic mass is 32.2. The largest absolute Gasteiger partial charge is 0.379 e. The van der Waals surface area contributed by atoms with Crippen LogP contribution < -0.4 is 5.32 Å². The van der Waals surface area contributed by atoms with E-state index in [9.17, 15) is 13.2 Å². The first-order valence-corrected chi connectivity index (χ1v) is 11.9. The zero-order valence-electron chi connectivity index (χ0n) is 17.3. The monoisotopic (exact) mass is 431 g/mol. The van der Waals surface area contributed by atoms with Gasteiger partial charge in [0.1, 0.15) is 0 Å². The summed E-state index contributed by atoms with van der Waals surface area (Å²) in [4.78, 5) is 14.8. The van der Waals surface area contributed by atoms with Gasteiger partial charge >= 0.3 is 0 Å². The van der Waals surface area contributed by atoms with Gasteiger partial charge in [0.05, 0.1) is 26.0 Å². The second-order valence-electron chi connectivity index (χ2n) is 7.50. The van der Waals surface area contributed by atoms with E-state index in [1.807, 2.05) is 42.5 Å². The standard InChI is InChI=1S/C22H29N3O4S/c1-30(27,28)25(17-19-6-3-2-4-7-19)18-22(26)23-15-20-8-5-9-21(14-20)16-24-10-12-29-13-11-24/h2-9,14H,10-13,15-18H2,1H3,(H,23,26). The number of sulfonamides is 1. The number of benzene rings is 2. The third-order valence-corrected chi connectivity index (χ3v) is 6.18. The summed E-state index contributed by atoms with van der Waals surface area (Å²) in [6, 6.07) is 17.3. The van der Waals surface area contributed by atoms with Gasteiger partial charge in [-0.1, -0.05) is 54.6 Å². The summed E-state index contributed by atoms with van der Waals surface area (Å²) in [6.45, 7) is 4.53. The molecule has 1 heterocycles. The van der Waals surface area contributed by atoms with Crippen LogP contribution in [0.3, 0.4) is 0 Å². The van der Waals surface area contributed by atoms with E-state index in [1.54, 1.807) is 0 Å². The molecule has 0 bridgehead atoms. The van der Waals surface area contributed by atoms with Crippen LogP contribution in [0.25, 0.3) is 0 Å². The van der Waals surface area contributed by atoms with Gasteiger partial charge < -0.3 is 10.1 Å². The average Bonchev–Trinajstić information content (AvgIpc) is 2.73. The third kappa shape index (κ3) is 7.21. The number of ether oxygens (including phenoxy) is 1. The number of morpholine rings is 1. The molecular weight excluding hydrogens is 402 g/mol. The minimum atomic E-state index is -3.51. The average molecular weight is 432 g/mol. The van der Waals surface area contributed by atoms with Gasteiger partial charge in [-0.25, -0.2) is 8.42 Å². The molecule has 0 aromatic heterocycles. The van der Waals surface area contributed by atoms with E-state index in [0.717, 1.165) is 50.2 Å². The molecule has 1 aliphatic rings. The molecule has 162 valence electrons. The molecule has 2 aromatic carbocycles. The van der Waals surface area contributed by atoms with E-state index < -0.39 is 10.0 Å². The van der Waals surface area contributed by atoms with Crippen LogP contribution in [0.2, 0.25) is 0 Å². The Hall–Kier alpha value is -2.26. The first kappa shape index (κ1) is 22.4. The predicted molar refractivity (Wildman–Crippen MR) is 116 cm³/mol. The maximum atomic E-state index is 12.4. The normalized spacial score (nSPS) is 15.3. The van der Waals surface area contributed by atoms with Crippen molar-refractivity contribution in [3.05, 3.63) is 71.3 Å². The molecule has 3 rings (SSSR count). The number of amides is 1. The van der Waals surface area contributed by atoms with Crippen molar-refractivity contribution in [3.63, 3.8) is 0 Å². The maximum absolute atomic E-state index is 12.4.